The summed E-state index contributed by atoms with van der Waals surface area (Å²) >= 11 is 0. The highest BCUT2D eigenvalue weighted by atomic mass is 17.0. The van der Waals surface area contributed by atoms with E-state index in [-0.39, 0.29) is 36.6 Å². The number of hydrogen-bond acceptors (Lipinski definition) is 6. The average molecular weight is 363 g/mol. The van der Waals surface area contributed by atoms with Crippen LogP contribution in [0.15, 0.2) is 0 Å². The second kappa shape index (κ2) is 10.8. The van der Waals surface area contributed by atoms with Crippen LogP contribution in [0.25, 0.3) is 0 Å². The first-order chi connectivity index (χ1) is 11.7. The summed E-state index contributed by atoms with van der Waals surface area (Å²) in [6, 6.07) is 0. The number of aliphatic hydroxyl groups excluding tert-OH is 2. The van der Waals surface area contributed by atoms with Crippen molar-refractivity contribution in [3.05, 3.63) is 0 Å². The molecule has 6 nitrogen and oxygen atoms in total. The molecule has 2 aliphatic rings. The summed E-state index contributed by atoms with van der Waals surface area (Å²) < 4.78 is 23.3. The van der Waals surface area contributed by atoms with Crippen LogP contribution in [-0.4, -0.2) is 53.0 Å². The van der Waals surface area contributed by atoms with Crippen molar-refractivity contribution in [3.8, 4) is 0 Å². The highest BCUT2D eigenvalue weighted by Gasteiger charge is 2.49. The lowest BCUT2D eigenvalue weighted by Crippen LogP contribution is -2.57. The Bertz CT molecular complexity index is 336. The van der Waals surface area contributed by atoms with Crippen molar-refractivity contribution in [1.82, 2.24) is 0 Å². The second-order valence-corrected chi connectivity index (χ2v) is 7.27. The molecular weight excluding hydrogens is 324 g/mol. The summed E-state index contributed by atoms with van der Waals surface area (Å²) in [7, 11) is 0. The van der Waals surface area contributed by atoms with E-state index in [0.717, 1.165) is 32.1 Å². The van der Waals surface area contributed by atoms with Crippen molar-refractivity contribution in [3.63, 3.8) is 0 Å². The van der Waals surface area contributed by atoms with Crippen molar-refractivity contribution in [1.29, 1.82) is 0 Å². The van der Waals surface area contributed by atoms with Crippen molar-refractivity contribution in [2.24, 2.45) is 0 Å². The molecule has 1 spiro atoms. The van der Waals surface area contributed by atoms with E-state index in [1.165, 1.54) is 0 Å². The first kappa shape index (κ1) is 22.8. The second-order valence-electron chi connectivity index (χ2n) is 7.27. The van der Waals surface area contributed by atoms with Gasteiger partial charge in [0.2, 0.25) is 0 Å². The van der Waals surface area contributed by atoms with Gasteiger partial charge in [0.15, 0.2) is 0 Å². The highest BCUT2D eigenvalue weighted by Crippen LogP contribution is 2.37. The summed E-state index contributed by atoms with van der Waals surface area (Å²) in [6.07, 6.45) is 3.50. The predicted octanol–water partition coefficient (Wildman–Crippen LogP) is 3.33. The van der Waals surface area contributed by atoms with Crippen LogP contribution in [0, 0.1) is 0 Å². The van der Waals surface area contributed by atoms with E-state index in [9.17, 15) is 0 Å². The fraction of sp³-hybridized carbons (Fsp3) is 1.00. The molecule has 25 heavy (non-hydrogen) atoms. The van der Waals surface area contributed by atoms with Gasteiger partial charge in [0.25, 0.3) is 0 Å². The van der Waals surface area contributed by atoms with E-state index in [1.807, 2.05) is 20.8 Å². The maximum Gasteiger partial charge on any atom is 0.413 e. The van der Waals surface area contributed by atoms with Crippen molar-refractivity contribution >= 4 is 0 Å². The first-order valence-corrected chi connectivity index (χ1v) is 9.80. The quantitative estimate of drug-likeness (QED) is 0.781. The van der Waals surface area contributed by atoms with Crippen LogP contribution < -0.4 is 0 Å². The molecule has 2 N–H and O–H groups in total. The van der Waals surface area contributed by atoms with Gasteiger partial charge in [0.05, 0.1) is 36.6 Å². The molecule has 0 aliphatic carbocycles. The largest absolute Gasteiger partial charge is 0.413 e. The Balaban J connectivity index is 0.000000333. The molecule has 6 heteroatoms. The van der Waals surface area contributed by atoms with Gasteiger partial charge >= 0.3 is 6.16 Å². The molecule has 6 unspecified atom stereocenters. The lowest BCUT2D eigenvalue weighted by molar-refractivity contribution is -0.562. The molecule has 0 radical (unpaired) electrons. The molecule has 0 aromatic rings. The molecule has 0 bridgehead atoms. The maximum absolute atomic E-state index is 8.87. The van der Waals surface area contributed by atoms with Gasteiger partial charge in [-0.3, -0.25) is 9.47 Å². The summed E-state index contributed by atoms with van der Waals surface area (Å²) in [5.74, 6) is 0. The fourth-order valence-electron chi connectivity index (χ4n) is 3.06. The first-order valence-electron chi connectivity index (χ1n) is 9.80. The van der Waals surface area contributed by atoms with E-state index in [4.69, 9.17) is 29.2 Å². The van der Waals surface area contributed by atoms with Crippen molar-refractivity contribution in [2.45, 2.75) is 123 Å². The van der Waals surface area contributed by atoms with Gasteiger partial charge in [0, 0.05) is 12.8 Å². The Labute approximate surface area is 152 Å². The molecule has 0 saturated carbocycles. The van der Waals surface area contributed by atoms with Crippen LogP contribution in [0.2, 0.25) is 0 Å². The van der Waals surface area contributed by atoms with Crippen molar-refractivity contribution in [2.75, 3.05) is 0 Å². The van der Waals surface area contributed by atoms with Gasteiger partial charge in [-0.1, -0.05) is 20.8 Å². The van der Waals surface area contributed by atoms with E-state index >= 15 is 0 Å². The van der Waals surface area contributed by atoms with Gasteiger partial charge in [-0.15, -0.1) is 0 Å². The van der Waals surface area contributed by atoms with Crippen molar-refractivity contribution < 1.29 is 29.2 Å². The fourth-order valence-corrected chi connectivity index (χ4v) is 3.06. The van der Waals surface area contributed by atoms with Crippen LogP contribution in [-0.2, 0) is 18.9 Å². The molecule has 2 fully saturated rings. The van der Waals surface area contributed by atoms with Gasteiger partial charge in [0.1, 0.15) is 0 Å². The smallest absolute Gasteiger partial charge is 0.393 e. The molecule has 2 heterocycles. The zero-order valence-corrected chi connectivity index (χ0v) is 16.7. The lowest BCUT2D eigenvalue weighted by atomic mass is 10.1. The zero-order valence-electron chi connectivity index (χ0n) is 16.7. The Hall–Kier alpha value is -0.240. The number of hydrogen-bond donors (Lipinski definition) is 2. The third-order valence-electron chi connectivity index (χ3n) is 4.50. The minimum absolute atomic E-state index is 0.108. The minimum Gasteiger partial charge on any atom is -0.393 e. The molecule has 2 rings (SSSR count). The normalized spacial score (nSPS) is 37.9. The molecule has 150 valence electrons. The third-order valence-corrected chi connectivity index (χ3v) is 4.50. The summed E-state index contributed by atoms with van der Waals surface area (Å²) in [5.41, 5.74) is 0. The van der Waals surface area contributed by atoms with Gasteiger partial charge < -0.3 is 19.7 Å². The SMILES string of the molecule is CCC(O)CC(C)O.CCC1CC(C)OC2(OC(C)CC(CC)O2)O1. The molecular formula is C19H38O6. The minimum atomic E-state index is -1.25. The standard InChI is InChI=1S/C13H24O4.C6H14O2/c1-5-11-7-9(3)14-13(16-11)15-10(4)8-12(6-2)17-13;1-3-6(8)4-5(2)7/h9-12H,5-8H2,1-4H3;5-8H,3-4H2,1-2H3. The number of aliphatic hydroxyl groups is 2. The molecule has 0 aromatic carbocycles. The summed E-state index contributed by atoms with van der Waals surface area (Å²) in [6.45, 7) is 11.9. The number of rotatable bonds is 5. The van der Waals surface area contributed by atoms with Crippen LogP contribution in [0.4, 0.5) is 0 Å². The Kier molecular flexibility index (Phi) is 9.85. The maximum atomic E-state index is 8.87. The number of ether oxygens (including phenoxy) is 4. The monoisotopic (exact) mass is 362 g/mol. The molecule has 6 atom stereocenters. The van der Waals surface area contributed by atoms with E-state index < -0.39 is 6.16 Å². The van der Waals surface area contributed by atoms with E-state index in [1.54, 1.807) is 6.92 Å². The van der Waals surface area contributed by atoms with Crippen LogP contribution in [0.1, 0.15) is 80.1 Å². The Morgan fingerprint density at radius 3 is 1.60 bits per heavy atom. The van der Waals surface area contributed by atoms with Gasteiger partial charge in [-0.2, -0.15) is 0 Å². The lowest BCUT2D eigenvalue weighted by Gasteiger charge is -2.47. The predicted molar refractivity (Wildman–Crippen MR) is 96.0 cm³/mol. The topological polar surface area (TPSA) is 77.4 Å². The van der Waals surface area contributed by atoms with E-state index in [0.29, 0.717) is 6.42 Å². The Morgan fingerprint density at radius 1 is 0.880 bits per heavy atom. The Morgan fingerprint density at radius 2 is 1.32 bits per heavy atom. The molecule has 2 aliphatic heterocycles. The van der Waals surface area contributed by atoms with Crippen LogP contribution in [0.3, 0.4) is 0 Å². The summed E-state index contributed by atoms with van der Waals surface area (Å²) in [4.78, 5) is 0. The zero-order chi connectivity index (χ0) is 19.0. The van der Waals surface area contributed by atoms with Crippen LogP contribution in [0.5, 0.6) is 0 Å². The third kappa shape index (κ3) is 7.89. The van der Waals surface area contributed by atoms with Crippen LogP contribution >= 0.6 is 0 Å². The molecule has 2 saturated heterocycles. The van der Waals surface area contributed by atoms with Gasteiger partial charge in [-0.05, 0) is 46.5 Å². The molecule has 0 amide bonds. The summed E-state index contributed by atoms with van der Waals surface area (Å²) in [5, 5.41) is 17.6. The van der Waals surface area contributed by atoms with E-state index in [2.05, 4.69) is 13.8 Å². The molecule has 0 aromatic heterocycles. The highest BCUT2D eigenvalue weighted by molar-refractivity contribution is 4.75. The average Bonchev–Trinajstić information content (AvgIpc) is 2.52. The van der Waals surface area contributed by atoms with Gasteiger partial charge in [-0.25, -0.2) is 0 Å².